The number of rotatable bonds is 4. The lowest BCUT2D eigenvalue weighted by molar-refractivity contribution is -0.106. The summed E-state index contributed by atoms with van der Waals surface area (Å²) in [6, 6.07) is 7.49. The van der Waals surface area contributed by atoms with E-state index in [1.807, 2.05) is 24.3 Å². The Kier molecular flexibility index (Phi) is 4.98. The van der Waals surface area contributed by atoms with E-state index in [1.165, 1.54) is 11.8 Å². The maximum absolute atomic E-state index is 11.3. The smallest absolute Gasteiger partial charge is 0.212 e. The predicted octanol–water partition coefficient (Wildman–Crippen LogP) is 2.95. The fourth-order valence-electron chi connectivity index (χ4n) is 1.07. The van der Waals surface area contributed by atoms with Crippen LogP contribution in [0.5, 0.6) is 0 Å². The number of anilines is 1. The molecule has 0 heterocycles. The van der Waals surface area contributed by atoms with Crippen molar-refractivity contribution in [2.45, 2.75) is 13.3 Å². The maximum Gasteiger partial charge on any atom is 0.212 e. The minimum atomic E-state index is 0.0834. The molecule has 1 rings (SSSR count). The molecule has 2 N–H and O–H groups in total. The average Bonchev–Trinajstić information content (AvgIpc) is 2.25. The van der Waals surface area contributed by atoms with Crippen LogP contribution in [0.25, 0.3) is 6.08 Å². The highest BCUT2D eigenvalue weighted by Crippen LogP contribution is 2.13. The zero-order valence-corrected chi connectivity index (χ0v) is 9.59. The number of benzene rings is 1. The summed E-state index contributed by atoms with van der Waals surface area (Å²) >= 11 is 1.33. The van der Waals surface area contributed by atoms with E-state index in [0.29, 0.717) is 5.69 Å². The first-order valence-corrected chi connectivity index (χ1v) is 5.92. The van der Waals surface area contributed by atoms with Crippen molar-refractivity contribution in [3.63, 3.8) is 0 Å². The van der Waals surface area contributed by atoms with Crippen molar-refractivity contribution < 1.29 is 4.79 Å². The second kappa shape index (κ2) is 6.30. The van der Waals surface area contributed by atoms with Gasteiger partial charge >= 0.3 is 0 Å². The van der Waals surface area contributed by atoms with Gasteiger partial charge in [0.15, 0.2) is 0 Å². The first-order valence-electron chi connectivity index (χ1n) is 4.93. The van der Waals surface area contributed by atoms with Crippen molar-refractivity contribution in [3.05, 3.63) is 35.9 Å². The summed E-state index contributed by atoms with van der Waals surface area (Å²) in [5.41, 5.74) is 7.33. The molecule has 2 nitrogen and oxygen atoms in total. The van der Waals surface area contributed by atoms with Crippen molar-refractivity contribution in [3.8, 4) is 0 Å². The van der Waals surface area contributed by atoms with E-state index in [1.54, 1.807) is 12.2 Å². The van der Waals surface area contributed by atoms with Crippen molar-refractivity contribution in [2.24, 2.45) is 0 Å². The Bertz CT molecular complexity index is 360. The Morgan fingerprint density at radius 3 is 2.87 bits per heavy atom. The molecule has 3 heteroatoms. The van der Waals surface area contributed by atoms with Crippen LogP contribution < -0.4 is 5.73 Å². The lowest BCUT2D eigenvalue weighted by Crippen LogP contribution is -1.90. The third-order valence-corrected chi connectivity index (χ3v) is 2.88. The van der Waals surface area contributed by atoms with E-state index < -0.39 is 0 Å². The highest BCUT2D eigenvalue weighted by Gasteiger charge is 1.97. The molecule has 0 saturated heterocycles. The summed E-state index contributed by atoms with van der Waals surface area (Å²) < 4.78 is 0. The van der Waals surface area contributed by atoms with Gasteiger partial charge < -0.3 is 5.73 Å². The molecular formula is C12H15NOS. The normalized spacial score (nSPS) is 10.7. The van der Waals surface area contributed by atoms with Gasteiger partial charge in [-0.15, -0.1) is 0 Å². The van der Waals surface area contributed by atoms with E-state index >= 15 is 0 Å². The van der Waals surface area contributed by atoms with Gasteiger partial charge in [0.1, 0.15) is 0 Å². The number of thioether (sulfide) groups is 1. The summed E-state index contributed by atoms with van der Waals surface area (Å²) in [5, 5.41) is 0.0834. The first-order chi connectivity index (χ1) is 7.24. The average molecular weight is 221 g/mol. The van der Waals surface area contributed by atoms with Crippen molar-refractivity contribution in [2.75, 3.05) is 11.5 Å². The first kappa shape index (κ1) is 11.9. The largest absolute Gasteiger partial charge is 0.398 e. The third kappa shape index (κ3) is 4.21. The van der Waals surface area contributed by atoms with Gasteiger partial charge in [-0.1, -0.05) is 36.9 Å². The molecule has 0 aliphatic rings. The summed E-state index contributed by atoms with van der Waals surface area (Å²) in [6.45, 7) is 2.05. The second-order valence-corrected chi connectivity index (χ2v) is 4.23. The molecule has 1 aromatic carbocycles. The maximum atomic E-state index is 11.3. The zero-order valence-electron chi connectivity index (χ0n) is 8.77. The Hall–Kier alpha value is -1.22. The fourth-order valence-corrected chi connectivity index (χ4v) is 1.64. The highest BCUT2D eigenvalue weighted by atomic mass is 32.2. The number of hydrogen-bond acceptors (Lipinski definition) is 3. The SMILES string of the molecule is CCCSC(=O)/C=C/c1ccccc1N. The van der Waals surface area contributed by atoms with Gasteiger partial charge in [-0.05, 0) is 30.2 Å². The van der Waals surface area contributed by atoms with Crippen LogP contribution >= 0.6 is 11.8 Å². The molecule has 0 saturated carbocycles. The molecule has 0 aromatic heterocycles. The lowest BCUT2D eigenvalue weighted by atomic mass is 10.2. The van der Waals surface area contributed by atoms with Crippen molar-refractivity contribution in [1.29, 1.82) is 0 Å². The van der Waals surface area contributed by atoms with Gasteiger partial charge in [0.05, 0.1) is 0 Å². The molecule has 0 bridgehead atoms. The molecule has 1 aromatic rings. The van der Waals surface area contributed by atoms with Gasteiger partial charge in [-0.3, -0.25) is 4.79 Å². The molecule has 0 atom stereocenters. The van der Waals surface area contributed by atoms with E-state index in [0.717, 1.165) is 17.7 Å². The molecule has 0 fully saturated rings. The number of nitrogens with two attached hydrogens (primary N) is 1. The molecule has 0 unspecified atom stereocenters. The minimum absolute atomic E-state index is 0.0834. The molecule has 15 heavy (non-hydrogen) atoms. The predicted molar refractivity (Wildman–Crippen MR) is 67.6 cm³/mol. The Balaban J connectivity index is 2.58. The van der Waals surface area contributed by atoms with Gasteiger partial charge in [-0.2, -0.15) is 0 Å². The molecule has 80 valence electrons. The number of hydrogen-bond donors (Lipinski definition) is 1. The monoisotopic (exact) mass is 221 g/mol. The summed E-state index contributed by atoms with van der Waals surface area (Å²) in [7, 11) is 0. The number of carbonyl (C=O) groups excluding carboxylic acids is 1. The van der Waals surface area contributed by atoms with Crippen LogP contribution in [-0.4, -0.2) is 10.9 Å². The number of carbonyl (C=O) groups is 1. The Morgan fingerprint density at radius 1 is 1.47 bits per heavy atom. The van der Waals surface area contributed by atoms with Crippen LogP contribution in [0, 0.1) is 0 Å². The van der Waals surface area contributed by atoms with Crippen LogP contribution in [0.15, 0.2) is 30.3 Å². The molecule has 0 aliphatic heterocycles. The quantitative estimate of drug-likeness (QED) is 0.628. The van der Waals surface area contributed by atoms with Gasteiger partial charge in [0.25, 0.3) is 0 Å². The van der Waals surface area contributed by atoms with Crippen LogP contribution in [0.4, 0.5) is 5.69 Å². The standard InChI is InChI=1S/C12H15NOS/c1-2-9-15-12(14)8-7-10-5-3-4-6-11(10)13/h3-8H,2,9,13H2,1H3/b8-7+. The van der Waals surface area contributed by atoms with E-state index in [2.05, 4.69) is 6.92 Å². The summed E-state index contributed by atoms with van der Waals surface area (Å²) in [4.78, 5) is 11.3. The van der Waals surface area contributed by atoms with Gasteiger partial charge in [-0.25, -0.2) is 0 Å². The summed E-state index contributed by atoms with van der Waals surface area (Å²) in [6.07, 6.45) is 4.35. The lowest BCUT2D eigenvalue weighted by Gasteiger charge is -1.98. The number of nitrogen functional groups attached to an aromatic ring is 1. The highest BCUT2D eigenvalue weighted by molar-refractivity contribution is 8.14. The molecule has 0 amide bonds. The molecule has 0 aliphatic carbocycles. The van der Waals surface area contributed by atoms with Crippen molar-refractivity contribution in [1.82, 2.24) is 0 Å². The van der Waals surface area contributed by atoms with Gasteiger partial charge in [0.2, 0.25) is 5.12 Å². The van der Waals surface area contributed by atoms with Crippen LogP contribution in [0.2, 0.25) is 0 Å². The molecule has 0 radical (unpaired) electrons. The number of para-hydroxylation sites is 1. The van der Waals surface area contributed by atoms with Crippen molar-refractivity contribution >= 4 is 28.6 Å². The fraction of sp³-hybridized carbons (Fsp3) is 0.250. The molecular weight excluding hydrogens is 206 g/mol. The van der Waals surface area contributed by atoms with E-state index in [4.69, 9.17) is 5.73 Å². The Labute approximate surface area is 94.6 Å². The Morgan fingerprint density at radius 2 is 2.20 bits per heavy atom. The topological polar surface area (TPSA) is 43.1 Å². The van der Waals surface area contributed by atoms with Crippen LogP contribution in [0.1, 0.15) is 18.9 Å². The second-order valence-electron chi connectivity index (χ2n) is 3.13. The van der Waals surface area contributed by atoms with Gasteiger partial charge in [0, 0.05) is 11.4 Å². The minimum Gasteiger partial charge on any atom is -0.398 e. The van der Waals surface area contributed by atoms with E-state index in [9.17, 15) is 4.79 Å². The summed E-state index contributed by atoms with van der Waals surface area (Å²) in [5.74, 6) is 0.868. The third-order valence-electron chi connectivity index (χ3n) is 1.84. The zero-order chi connectivity index (χ0) is 11.1. The van der Waals surface area contributed by atoms with E-state index in [-0.39, 0.29) is 5.12 Å². The van der Waals surface area contributed by atoms with Crippen LogP contribution in [0.3, 0.4) is 0 Å². The van der Waals surface area contributed by atoms with Crippen LogP contribution in [-0.2, 0) is 4.79 Å². The molecule has 0 spiro atoms.